The van der Waals surface area contributed by atoms with Crippen LogP contribution in [0, 0.1) is 12.8 Å². The van der Waals surface area contributed by atoms with Crippen LogP contribution in [0.5, 0.6) is 0 Å². The van der Waals surface area contributed by atoms with Crippen molar-refractivity contribution in [1.82, 2.24) is 0 Å². The number of para-hydroxylation sites is 5. The quantitative estimate of drug-likeness (QED) is 0.202. The molecule has 0 saturated carbocycles. The van der Waals surface area contributed by atoms with E-state index in [4.69, 9.17) is 0 Å². The van der Waals surface area contributed by atoms with E-state index in [1.165, 1.54) is 61.1 Å². The Morgan fingerprint density at radius 3 is 1.82 bits per heavy atom. The second-order valence-electron chi connectivity index (χ2n) is 11.2. The third-order valence-corrected chi connectivity index (χ3v) is 8.33. The molecule has 0 bridgehead atoms. The van der Waals surface area contributed by atoms with Crippen LogP contribution >= 0.6 is 0 Å². The highest BCUT2D eigenvalue weighted by Crippen LogP contribution is 2.51. The smallest absolute Gasteiger partial charge is 0.0699 e. The minimum Gasteiger partial charge on any atom is -0.338 e. The van der Waals surface area contributed by atoms with Gasteiger partial charge in [0, 0.05) is 12.2 Å². The highest BCUT2D eigenvalue weighted by atomic mass is 15.3. The average molecular weight is 519 g/mol. The number of hydrogen-bond donors (Lipinski definition) is 0. The van der Waals surface area contributed by atoms with Gasteiger partial charge >= 0.3 is 0 Å². The first-order chi connectivity index (χ1) is 19.7. The van der Waals surface area contributed by atoms with E-state index in [1.54, 1.807) is 0 Å². The van der Waals surface area contributed by atoms with Gasteiger partial charge in [0.1, 0.15) is 0 Å². The highest BCUT2D eigenvalue weighted by Gasteiger charge is 2.28. The summed E-state index contributed by atoms with van der Waals surface area (Å²) in [5.74, 6) is 0.562. The number of rotatable bonds is 6. The maximum Gasteiger partial charge on any atom is 0.0699 e. The van der Waals surface area contributed by atoms with E-state index >= 15 is 0 Å². The molecule has 0 aromatic heterocycles. The molecule has 40 heavy (non-hydrogen) atoms. The maximum absolute atomic E-state index is 2.52. The van der Waals surface area contributed by atoms with Crippen molar-refractivity contribution >= 4 is 50.0 Å². The minimum absolute atomic E-state index is 0.562. The van der Waals surface area contributed by atoms with Crippen molar-refractivity contribution in [2.75, 3.05) is 16.3 Å². The fourth-order valence-corrected chi connectivity index (χ4v) is 6.34. The van der Waals surface area contributed by atoms with E-state index < -0.39 is 0 Å². The minimum atomic E-state index is 0.562. The molecule has 196 valence electrons. The van der Waals surface area contributed by atoms with Gasteiger partial charge in [-0.2, -0.15) is 0 Å². The molecule has 0 fully saturated rings. The molecule has 0 spiro atoms. The topological polar surface area (TPSA) is 6.48 Å². The number of nitrogens with zero attached hydrogens (tertiary/aromatic N) is 2. The third-order valence-electron chi connectivity index (χ3n) is 8.33. The number of hydrogen-bond acceptors (Lipinski definition) is 2. The first-order valence-corrected chi connectivity index (χ1v) is 14.4. The van der Waals surface area contributed by atoms with Crippen LogP contribution in [-0.2, 0) is 6.42 Å². The van der Waals surface area contributed by atoms with Crippen LogP contribution in [0.4, 0.5) is 28.4 Å². The van der Waals surface area contributed by atoms with Crippen LogP contribution in [0.25, 0.3) is 21.5 Å². The van der Waals surface area contributed by atoms with Crippen molar-refractivity contribution in [3.05, 3.63) is 139 Å². The van der Waals surface area contributed by atoms with Gasteiger partial charge in [-0.1, -0.05) is 103 Å². The Morgan fingerprint density at radius 2 is 1.15 bits per heavy atom. The van der Waals surface area contributed by atoms with Gasteiger partial charge < -0.3 is 9.80 Å². The van der Waals surface area contributed by atoms with Gasteiger partial charge in [-0.3, -0.25) is 0 Å². The van der Waals surface area contributed by atoms with Crippen LogP contribution < -0.4 is 9.80 Å². The number of benzene rings is 6. The first-order valence-electron chi connectivity index (χ1n) is 14.4. The summed E-state index contributed by atoms with van der Waals surface area (Å²) in [7, 11) is 0. The fraction of sp³-hybridized carbons (Fsp3) is 0.158. The summed E-state index contributed by atoms with van der Waals surface area (Å²) < 4.78 is 0. The number of fused-ring (bicyclic) bond motifs is 5. The van der Waals surface area contributed by atoms with Gasteiger partial charge in [0.2, 0.25) is 0 Å². The number of anilines is 5. The lowest BCUT2D eigenvalue weighted by Gasteiger charge is -2.40. The second-order valence-corrected chi connectivity index (χ2v) is 11.2. The Hall–Kier alpha value is -4.56. The monoisotopic (exact) mass is 518 g/mol. The van der Waals surface area contributed by atoms with E-state index in [-0.39, 0.29) is 0 Å². The van der Waals surface area contributed by atoms with Gasteiger partial charge in [-0.15, -0.1) is 0 Å². The maximum atomic E-state index is 2.52. The first kappa shape index (κ1) is 24.5. The molecule has 1 atom stereocenters. The Kier molecular flexibility index (Phi) is 6.24. The van der Waals surface area contributed by atoms with Crippen LogP contribution in [-0.4, -0.2) is 6.54 Å². The Morgan fingerprint density at radius 1 is 0.575 bits per heavy atom. The van der Waals surface area contributed by atoms with Crippen molar-refractivity contribution < 1.29 is 0 Å². The third kappa shape index (κ3) is 4.40. The molecule has 7 rings (SSSR count). The zero-order valence-electron chi connectivity index (χ0n) is 23.2. The van der Waals surface area contributed by atoms with E-state index in [0.29, 0.717) is 5.92 Å². The lowest BCUT2D eigenvalue weighted by molar-refractivity contribution is 0.535. The molecule has 0 radical (unpaired) electrons. The standard InChI is InChI=1S/C38H34N2/c1-27-16-20-33-30(25-27)18-19-31-26-29(17-21-34(31)33)24-28(2)22-23-39-35-12-6-8-14-37(35)40(32-10-4-3-5-11-32)38-15-9-7-13-36(38)39/h3-21,25-26,28H,22-24H2,1-2H3. The number of aryl methyl sites for hydroxylation is 1. The van der Waals surface area contributed by atoms with Gasteiger partial charge in [-0.05, 0) is 89.2 Å². The molecule has 0 saturated heterocycles. The zero-order chi connectivity index (χ0) is 27.1. The van der Waals surface area contributed by atoms with Crippen LogP contribution in [0.3, 0.4) is 0 Å². The summed E-state index contributed by atoms with van der Waals surface area (Å²) in [6, 6.07) is 46.7. The summed E-state index contributed by atoms with van der Waals surface area (Å²) in [5, 5.41) is 5.34. The summed E-state index contributed by atoms with van der Waals surface area (Å²) in [6.07, 6.45) is 2.19. The SMILES string of the molecule is Cc1ccc2c(ccc3cc(CC(C)CCN4c5ccccc5N(c5ccccc5)c5ccccc54)ccc32)c1. The van der Waals surface area contributed by atoms with Crippen molar-refractivity contribution in [2.24, 2.45) is 5.92 Å². The van der Waals surface area contributed by atoms with Crippen molar-refractivity contribution in [1.29, 1.82) is 0 Å². The highest BCUT2D eigenvalue weighted by molar-refractivity contribution is 6.07. The molecule has 1 aliphatic heterocycles. The molecular weight excluding hydrogens is 484 g/mol. The zero-order valence-corrected chi connectivity index (χ0v) is 23.2. The predicted octanol–water partition coefficient (Wildman–Crippen LogP) is 10.5. The van der Waals surface area contributed by atoms with Crippen LogP contribution in [0.2, 0.25) is 0 Å². The Labute approximate surface area is 237 Å². The van der Waals surface area contributed by atoms with Crippen LogP contribution in [0.1, 0.15) is 24.5 Å². The molecule has 0 N–H and O–H groups in total. The van der Waals surface area contributed by atoms with E-state index in [1.807, 2.05) is 0 Å². The lowest BCUT2D eigenvalue weighted by Crippen LogP contribution is -2.28. The molecular formula is C38H34N2. The Bertz CT molecular complexity index is 1770. The largest absolute Gasteiger partial charge is 0.338 e. The molecule has 6 aromatic carbocycles. The molecule has 0 amide bonds. The fourth-order valence-electron chi connectivity index (χ4n) is 6.34. The molecule has 1 aliphatic rings. The van der Waals surface area contributed by atoms with Crippen molar-refractivity contribution in [3.63, 3.8) is 0 Å². The second kappa shape index (κ2) is 10.2. The molecule has 2 nitrogen and oxygen atoms in total. The summed E-state index contributed by atoms with van der Waals surface area (Å²) in [5.41, 5.74) is 8.92. The lowest BCUT2D eigenvalue weighted by atomic mass is 9.94. The average Bonchev–Trinajstić information content (AvgIpc) is 2.99. The van der Waals surface area contributed by atoms with Gasteiger partial charge in [0.05, 0.1) is 22.7 Å². The van der Waals surface area contributed by atoms with E-state index in [2.05, 4.69) is 151 Å². The van der Waals surface area contributed by atoms with Gasteiger partial charge in [-0.25, -0.2) is 0 Å². The van der Waals surface area contributed by atoms with Crippen molar-refractivity contribution in [2.45, 2.75) is 26.7 Å². The molecule has 1 heterocycles. The predicted molar refractivity (Wildman–Crippen MR) is 172 cm³/mol. The van der Waals surface area contributed by atoms with Gasteiger partial charge in [0.25, 0.3) is 0 Å². The Balaban J connectivity index is 1.14. The normalized spacial score (nSPS) is 13.3. The molecule has 2 heteroatoms. The van der Waals surface area contributed by atoms with Crippen molar-refractivity contribution in [3.8, 4) is 0 Å². The van der Waals surface area contributed by atoms with Gasteiger partial charge in [0.15, 0.2) is 0 Å². The summed E-state index contributed by atoms with van der Waals surface area (Å²) in [4.78, 5) is 4.92. The molecule has 1 unspecified atom stereocenters. The van der Waals surface area contributed by atoms with Crippen LogP contribution in [0.15, 0.2) is 127 Å². The summed E-state index contributed by atoms with van der Waals surface area (Å²) >= 11 is 0. The summed E-state index contributed by atoms with van der Waals surface area (Å²) in [6.45, 7) is 5.54. The van der Waals surface area contributed by atoms with E-state index in [9.17, 15) is 0 Å². The van der Waals surface area contributed by atoms with E-state index in [0.717, 1.165) is 19.4 Å². The molecule has 6 aromatic rings. The molecule has 0 aliphatic carbocycles.